The Morgan fingerprint density at radius 3 is 2.68 bits per heavy atom. The quantitative estimate of drug-likeness (QED) is 0.423. The molecule has 0 bridgehead atoms. The van der Waals surface area contributed by atoms with Gasteiger partial charge < -0.3 is 15.1 Å². The van der Waals surface area contributed by atoms with Crippen molar-refractivity contribution in [2.24, 2.45) is 4.99 Å². The SMILES string of the molecule is CN=C(NCC(C)c1ccsc1)N1CCN(c2ccccn2)CC1.I. The van der Waals surface area contributed by atoms with Crippen LogP contribution >= 0.6 is 35.3 Å². The molecule has 25 heavy (non-hydrogen) atoms. The van der Waals surface area contributed by atoms with Gasteiger partial charge in [0.15, 0.2) is 5.96 Å². The molecule has 1 unspecified atom stereocenters. The molecule has 0 aliphatic carbocycles. The summed E-state index contributed by atoms with van der Waals surface area (Å²) in [5, 5.41) is 7.89. The largest absolute Gasteiger partial charge is 0.356 e. The monoisotopic (exact) mass is 471 g/mol. The van der Waals surface area contributed by atoms with Crippen molar-refractivity contribution in [2.75, 3.05) is 44.7 Å². The van der Waals surface area contributed by atoms with Crippen molar-refractivity contribution < 1.29 is 0 Å². The Morgan fingerprint density at radius 1 is 1.28 bits per heavy atom. The molecule has 136 valence electrons. The average molecular weight is 471 g/mol. The molecule has 1 aliphatic rings. The second-order valence-corrected chi connectivity index (χ2v) is 6.83. The molecule has 0 amide bonds. The van der Waals surface area contributed by atoms with Crippen molar-refractivity contribution in [3.05, 3.63) is 46.8 Å². The molecule has 3 rings (SSSR count). The Bertz CT molecular complexity index is 639. The molecule has 5 nitrogen and oxygen atoms in total. The van der Waals surface area contributed by atoms with Crippen molar-refractivity contribution >= 4 is 47.1 Å². The summed E-state index contributed by atoms with van der Waals surface area (Å²) in [6.07, 6.45) is 1.86. The molecule has 1 N–H and O–H groups in total. The Labute approximate surface area is 171 Å². The smallest absolute Gasteiger partial charge is 0.193 e. The fourth-order valence-electron chi connectivity index (χ4n) is 2.94. The lowest BCUT2D eigenvalue weighted by molar-refractivity contribution is 0.370. The summed E-state index contributed by atoms with van der Waals surface area (Å²) in [4.78, 5) is 13.6. The van der Waals surface area contributed by atoms with Crippen LogP contribution in [0, 0.1) is 0 Å². The summed E-state index contributed by atoms with van der Waals surface area (Å²) in [5.41, 5.74) is 1.39. The molecule has 1 atom stereocenters. The molecule has 2 aromatic rings. The van der Waals surface area contributed by atoms with E-state index in [-0.39, 0.29) is 24.0 Å². The third kappa shape index (κ3) is 5.31. The van der Waals surface area contributed by atoms with Gasteiger partial charge in [0.1, 0.15) is 5.82 Å². The maximum Gasteiger partial charge on any atom is 0.193 e. The number of anilines is 1. The first-order chi connectivity index (χ1) is 11.8. The van der Waals surface area contributed by atoms with E-state index in [1.807, 2.05) is 25.4 Å². The highest BCUT2D eigenvalue weighted by molar-refractivity contribution is 14.0. The summed E-state index contributed by atoms with van der Waals surface area (Å²) in [5.74, 6) is 2.55. The number of piperazine rings is 1. The molecule has 0 spiro atoms. The normalized spacial score (nSPS) is 16.3. The number of thiophene rings is 1. The fraction of sp³-hybridized carbons (Fsp3) is 0.444. The Morgan fingerprint density at radius 2 is 2.08 bits per heavy atom. The maximum absolute atomic E-state index is 4.46. The van der Waals surface area contributed by atoms with Crippen LogP contribution < -0.4 is 10.2 Å². The number of rotatable bonds is 4. The van der Waals surface area contributed by atoms with Crippen LogP contribution in [-0.4, -0.2) is 55.6 Å². The Kier molecular flexibility index (Phi) is 7.95. The van der Waals surface area contributed by atoms with E-state index in [0.29, 0.717) is 5.92 Å². The Balaban J connectivity index is 0.00000225. The van der Waals surface area contributed by atoms with Crippen LogP contribution in [0.25, 0.3) is 0 Å². The van der Waals surface area contributed by atoms with Crippen molar-refractivity contribution in [3.8, 4) is 0 Å². The van der Waals surface area contributed by atoms with Crippen LogP contribution in [0.5, 0.6) is 0 Å². The van der Waals surface area contributed by atoms with Crippen molar-refractivity contribution in [1.82, 2.24) is 15.2 Å². The van der Waals surface area contributed by atoms with Gasteiger partial charge in [-0.2, -0.15) is 11.3 Å². The minimum Gasteiger partial charge on any atom is -0.356 e. The molecule has 0 radical (unpaired) electrons. The molecule has 0 aromatic carbocycles. The summed E-state index contributed by atoms with van der Waals surface area (Å²) in [7, 11) is 1.86. The predicted molar refractivity (Wildman–Crippen MR) is 118 cm³/mol. The van der Waals surface area contributed by atoms with Crippen LogP contribution in [0.15, 0.2) is 46.2 Å². The van der Waals surface area contributed by atoms with Gasteiger partial charge >= 0.3 is 0 Å². The van der Waals surface area contributed by atoms with Crippen molar-refractivity contribution in [3.63, 3.8) is 0 Å². The van der Waals surface area contributed by atoms with Gasteiger partial charge in [0, 0.05) is 46.0 Å². The number of nitrogens with zero attached hydrogens (tertiary/aromatic N) is 4. The second kappa shape index (κ2) is 9.96. The minimum absolute atomic E-state index is 0. The number of hydrogen-bond donors (Lipinski definition) is 1. The van der Waals surface area contributed by atoms with Gasteiger partial charge in [0.2, 0.25) is 0 Å². The zero-order valence-electron chi connectivity index (χ0n) is 14.8. The standard InChI is InChI=1S/C18H25N5S.HI/c1-15(16-6-12-24-14-16)13-21-18(19-2)23-10-8-22(9-11-23)17-5-3-4-7-20-17;/h3-7,12,14-15H,8-11,13H2,1-2H3,(H,19,21);1H. The topological polar surface area (TPSA) is 43.8 Å². The van der Waals surface area contributed by atoms with Gasteiger partial charge in [0.25, 0.3) is 0 Å². The lowest BCUT2D eigenvalue weighted by Gasteiger charge is -2.37. The first-order valence-corrected chi connectivity index (χ1v) is 9.36. The highest BCUT2D eigenvalue weighted by atomic mass is 127. The maximum atomic E-state index is 4.46. The molecule has 1 saturated heterocycles. The summed E-state index contributed by atoms with van der Waals surface area (Å²) in [6, 6.07) is 8.28. The third-order valence-electron chi connectivity index (χ3n) is 4.44. The van der Waals surface area contributed by atoms with Gasteiger partial charge in [0.05, 0.1) is 0 Å². The average Bonchev–Trinajstić information content (AvgIpc) is 3.18. The number of guanidine groups is 1. The van der Waals surface area contributed by atoms with E-state index in [0.717, 1.165) is 44.5 Å². The summed E-state index contributed by atoms with van der Waals surface area (Å²) >= 11 is 1.75. The highest BCUT2D eigenvalue weighted by Crippen LogP contribution is 2.17. The molecular weight excluding hydrogens is 445 g/mol. The number of aromatic nitrogens is 1. The lowest BCUT2D eigenvalue weighted by atomic mass is 10.1. The van der Waals surface area contributed by atoms with Crippen molar-refractivity contribution in [2.45, 2.75) is 12.8 Å². The first-order valence-electron chi connectivity index (χ1n) is 8.41. The van der Waals surface area contributed by atoms with Crippen LogP contribution in [0.1, 0.15) is 18.4 Å². The predicted octanol–water partition coefficient (Wildman–Crippen LogP) is 3.26. The zero-order chi connectivity index (χ0) is 16.8. The molecule has 1 fully saturated rings. The first kappa shape index (κ1) is 20.0. The van der Waals surface area contributed by atoms with E-state index in [9.17, 15) is 0 Å². The van der Waals surface area contributed by atoms with E-state index in [1.165, 1.54) is 5.56 Å². The van der Waals surface area contributed by atoms with Crippen LogP contribution in [0.2, 0.25) is 0 Å². The van der Waals surface area contributed by atoms with E-state index >= 15 is 0 Å². The zero-order valence-corrected chi connectivity index (χ0v) is 17.9. The molecule has 2 aromatic heterocycles. The number of halogens is 1. The van der Waals surface area contributed by atoms with Crippen LogP contribution in [-0.2, 0) is 0 Å². The van der Waals surface area contributed by atoms with E-state index < -0.39 is 0 Å². The lowest BCUT2D eigenvalue weighted by Crippen LogP contribution is -2.53. The van der Waals surface area contributed by atoms with Gasteiger partial charge in [-0.25, -0.2) is 4.98 Å². The third-order valence-corrected chi connectivity index (χ3v) is 5.14. The fourth-order valence-corrected chi connectivity index (χ4v) is 3.72. The van der Waals surface area contributed by atoms with Gasteiger partial charge in [-0.1, -0.05) is 13.0 Å². The van der Waals surface area contributed by atoms with E-state index in [2.05, 4.69) is 54.9 Å². The minimum atomic E-state index is 0. The molecule has 7 heteroatoms. The second-order valence-electron chi connectivity index (χ2n) is 6.05. The van der Waals surface area contributed by atoms with Gasteiger partial charge in [-0.15, -0.1) is 24.0 Å². The molecule has 3 heterocycles. The summed E-state index contributed by atoms with van der Waals surface area (Å²) in [6.45, 7) is 7.02. The van der Waals surface area contributed by atoms with Crippen LogP contribution in [0.4, 0.5) is 5.82 Å². The molecular formula is C18H26IN5S. The Hall–Kier alpha value is -1.35. The highest BCUT2D eigenvalue weighted by Gasteiger charge is 2.20. The van der Waals surface area contributed by atoms with E-state index in [4.69, 9.17) is 0 Å². The number of nitrogens with one attached hydrogen (secondary N) is 1. The van der Waals surface area contributed by atoms with Crippen molar-refractivity contribution in [1.29, 1.82) is 0 Å². The number of pyridine rings is 1. The van der Waals surface area contributed by atoms with Gasteiger partial charge in [-0.05, 0) is 40.4 Å². The molecule has 1 aliphatic heterocycles. The van der Waals surface area contributed by atoms with E-state index in [1.54, 1.807) is 11.3 Å². The molecule has 0 saturated carbocycles. The van der Waals surface area contributed by atoms with Crippen LogP contribution in [0.3, 0.4) is 0 Å². The van der Waals surface area contributed by atoms with Gasteiger partial charge in [-0.3, -0.25) is 4.99 Å². The number of aliphatic imine (C=N–C) groups is 1. The summed E-state index contributed by atoms with van der Waals surface area (Å²) < 4.78 is 0. The number of hydrogen-bond acceptors (Lipinski definition) is 4.